The van der Waals surface area contributed by atoms with Gasteiger partial charge < -0.3 is 10.1 Å². The third-order valence-electron chi connectivity index (χ3n) is 4.86. The molecule has 1 N–H and O–H groups in total. The van der Waals surface area contributed by atoms with Crippen LogP contribution in [0.5, 0.6) is 5.75 Å². The molecule has 2 unspecified atom stereocenters. The molecular formula is C19H31NO. The van der Waals surface area contributed by atoms with Gasteiger partial charge in [0, 0.05) is 6.04 Å². The van der Waals surface area contributed by atoms with Crippen LogP contribution in [0, 0.1) is 11.3 Å². The summed E-state index contributed by atoms with van der Waals surface area (Å²) in [6, 6.07) is 9.13. The van der Waals surface area contributed by atoms with E-state index in [1.165, 1.54) is 31.2 Å². The lowest BCUT2D eigenvalue weighted by Gasteiger charge is -2.41. The van der Waals surface area contributed by atoms with E-state index in [0.29, 0.717) is 11.5 Å². The lowest BCUT2D eigenvalue weighted by molar-refractivity contribution is 0.131. The Labute approximate surface area is 130 Å². The van der Waals surface area contributed by atoms with Crippen molar-refractivity contribution in [2.45, 2.75) is 58.9 Å². The van der Waals surface area contributed by atoms with Crippen LogP contribution < -0.4 is 10.1 Å². The molecule has 0 amide bonds. The van der Waals surface area contributed by atoms with Gasteiger partial charge in [-0.05, 0) is 54.8 Å². The number of hydrogen-bond donors (Lipinski definition) is 1. The van der Waals surface area contributed by atoms with Gasteiger partial charge in [0.15, 0.2) is 0 Å². The minimum Gasteiger partial charge on any atom is -0.497 e. The minimum atomic E-state index is 0.415. The van der Waals surface area contributed by atoms with Crippen molar-refractivity contribution in [1.29, 1.82) is 0 Å². The Bertz CT molecular complexity index is 418. The number of rotatable bonds is 5. The van der Waals surface area contributed by atoms with Crippen LogP contribution in [0.25, 0.3) is 0 Å². The zero-order chi connectivity index (χ0) is 15.3. The molecule has 118 valence electrons. The van der Waals surface area contributed by atoms with Gasteiger partial charge in [0.1, 0.15) is 5.75 Å². The molecule has 0 spiro atoms. The van der Waals surface area contributed by atoms with Crippen molar-refractivity contribution in [3.63, 3.8) is 0 Å². The molecule has 2 nitrogen and oxygen atoms in total. The largest absolute Gasteiger partial charge is 0.497 e. The Kier molecular flexibility index (Phi) is 5.69. The molecule has 1 aromatic rings. The highest BCUT2D eigenvalue weighted by atomic mass is 16.5. The van der Waals surface area contributed by atoms with Crippen molar-refractivity contribution in [3.05, 3.63) is 29.8 Å². The molecule has 0 saturated heterocycles. The Morgan fingerprint density at radius 1 is 1.10 bits per heavy atom. The Hall–Kier alpha value is -1.02. The number of hydrogen-bond acceptors (Lipinski definition) is 2. The second kappa shape index (κ2) is 7.31. The van der Waals surface area contributed by atoms with Gasteiger partial charge in [-0.2, -0.15) is 0 Å². The van der Waals surface area contributed by atoms with Gasteiger partial charge in [-0.15, -0.1) is 0 Å². The van der Waals surface area contributed by atoms with Crippen LogP contribution in [0.4, 0.5) is 0 Å². The molecular weight excluding hydrogens is 258 g/mol. The van der Waals surface area contributed by atoms with Gasteiger partial charge in [-0.3, -0.25) is 0 Å². The first-order valence-electron chi connectivity index (χ1n) is 8.37. The third-order valence-corrected chi connectivity index (χ3v) is 4.86. The van der Waals surface area contributed by atoms with Crippen molar-refractivity contribution >= 4 is 0 Å². The zero-order valence-corrected chi connectivity index (χ0v) is 14.1. The summed E-state index contributed by atoms with van der Waals surface area (Å²) >= 11 is 0. The van der Waals surface area contributed by atoms with Crippen LogP contribution >= 0.6 is 0 Å². The van der Waals surface area contributed by atoms with E-state index < -0.39 is 0 Å². The summed E-state index contributed by atoms with van der Waals surface area (Å²) in [5, 5.41) is 3.82. The van der Waals surface area contributed by atoms with Gasteiger partial charge in [0.25, 0.3) is 0 Å². The van der Waals surface area contributed by atoms with E-state index in [1.54, 1.807) is 7.11 Å². The highest BCUT2D eigenvalue weighted by Gasteiger charge is 2.33. The van der Waals surface area contributed by atoms with Crippen molar-refractivity contribution in [2.75, 3.05) is 13.7 Å². The van der Waals surface area contributed by atoms with Gasteiger partial charge >= 0.3 is 0 Å². The molecule has 0 aliphatic heterocycles. The van der Waals surface area contributed by atoms with E-state index in [2.05, 4.69) is 38.2 Å². The Balaban J connectivity index is 1.83. The van der Waals surface area contributed by atoms with Crippen molar-refractivity contribution in [1.82, 2.24) is 5.32 Å². The topological polar surface area (TPSA) is 21.3 Å². The van der Waals surface area contributed by atoms with E-state index in [1.807, 2.05) is 12.1 Å². The van der Waals surface area contributed by atoms with Crippen LogP contribution in [-0.4, -0.2) is 19.7 Å². The van der Waals surface area contributed by atoms with Crippen molar-refractivity contribution < 1.29 is 4.74 Å². The molecule has 2 atom stereocenters. The summed E-state index contributed by atoms with van der Waals surface area (Å²) in [6.07, 6.45) is 6.59. The van der Waals surface area contributed by atoms with E-state index in [9.17, 15) is 0 Å². The molecule has 2 rings (SSSR count). The highest BCUT2D eigenvalue weighted by Crippen LogP contribution is 2.37. The molecule has 0 radical (unpaired) electrons. The number of benzene rings is 1. The first-order valence-corrected chi connectivity index (χ1v) is 8.37. The fourth-order valence-electron chi connectivity index (χ4n) is 3.61. The maximum atomic E-state index is 5.20. The second-order valence-electron chi connectivity index (χ2n) is 7.42. The molecule has 0 aromatic heterocycles. The molecule has 1 aromatic carbocycles. The lowest BCUT2D eigenvalue weighted by atomic mass is 9.69. The van der Waals surface area contributed by atoms with Crippen LogP contribution in [0.2, 0.25) is 0 Å². The van der Waals surface area contributed by atoms with E-state index in [0.717, 1.165) is 24.6 Å². The van der Waals surface area contributed by atoms with Crippen LogP contribution in [0.15, 0.2) is 24.3 Å². The normalized spacial score (nSPS) is 23.0. The van der Waals surface area contributed by atoms with Gasteiger partial charge in [-0.1, -0.05) is 45.7 Å². The van der Waals surface area contributed by atoms with Gasteiger partial charge in [-0.25, -0.2) is 0 Å². The monoisotopic (exact) mass is 289 g/mol. The fraction of sp³-hybridized carbons (Fsp3) is 0.684. The summed E-state index contributed by atoms with van der Waals surface area (Å²) in [7, 11) is 1.71. The molecule has 1 aliphatic rings. The Morgan fingerprint density at radius 3 is 2.38 bits per heavy atom. The SMILES string of the molecule is COc1ccc(CCNC2CCCCC2C(C)(C)C)cc1. The second-order valence-corrected chi connectivity index (χ2v) is 7.42. The first-order chi connectivity index (χ1) is 10.0. The summed E-state index contributed by atoms with van der Waals surface area (Å²) in [5.74, 6) is 1.74. The number of methoxy groups -OCH3 is 1. The van der Waals surface area contributed by atoms with E-state index >= 15 is 0 Å². The van der Waals surface area contributed by atoms with E-state index in [-0.39, 0.29) is 0 Å². The van der Waals surface area contributed by atoms with Gasteiger partial charge in [0.05, 0.1) is 7.11 Å². The van der Waals surface area contributed by atoms with Crippen molar-refractivity contribution in [2.24, 2.45) is 11.3 Å². The summed E-state index contributed by atoms with van der Waals surface area (Å²) < 4.78 is 5.20. The molecule has 0 heterocycles. The molecule has 0 bridgehead atoms. The molecule has 1 saturated carbocycles. The van der Waals surface area contributed by atoms with Crippen LogP contribution in [-0.2, 0) is 6.42 Å². The summed E-state index contributed by atoms with van der Waals surface area (Å²) in [5.41, 5.74) is 1.80. The molecule has 1 fully saturated rings. The van der Waals surface area contributed by atoms with Crippen LogP contribution in [0.1, 0.15) is 52.0 Å². The maximum absolute atomic E-state index is 5.20. The third kappa shape index (κ3) is 4.74. The maximum Gasteiger partial charge on any atom is 0.118 e. The van der Waals surface area contributed by atoms with Crippen LogP contribution in [0.3, 0.4) is 0 Å². The fourth-order valence-corrected chi connectivity index (χ4v) is 3.61. The van der Waals surface area contributed by atoms with Crippen molar-refractivity contribution in [3.8, 4) is 5.75 Å². The predicted octanol–water partition coefficient (Wildman–Crippen LogP) is 4.43. The molecule has 2 heteroatoms. The minimum absolute atomic E-state index is 0.415. The lowest BCUT2D eigenvalue weighted by Crippen LogP contribution is -2.44. The average Bonchev–Trinajstić information content (AvgIpc) is 2.47. The summed E-state index contributed by atoms with van der Waals surface area (Å²) in [4.78, 5) is 0. The zero-order valence-electron chi connectivity index (χ0n) is 14.1. The smallest absolute Gasteiger partial charge is 0.118 e. The Morgan fingerprint density at radius 2 is 1.76 bits per heavy atom. The van der Waals surface area contributed by atoms with Gasteiger partial charge in [0.2, 0.25) is 0 Å². The summed E-state index contributed by atoms with van der Waals surface area (Å²) in [6.45, 7) is 8.24. The highest BCUT2D eigenvalue weighted by molar-refractivity contribution is 5.27. The van der Waals surface area contributed by atoms with E-state index in [4.69, 9.17) is 4.74 Å². The molecule has 21 heavy (non-hydrogen) atoms. The standard InChI is InChI=1S/C19H31NO/c1-19(2,3)17-7-5-6-8-18(17)20-14-13-15-9-11-16(21-4)12-10-15/h9-12,17-18,20H,5-8,13-14H2,1-4H3. The quantitative estimate of drug-likeness (QED) is 0.865. The predicted molar refractivity (Wildman–Crippen MR) is 89.9 cm³/mol. The number of nitrogens with one attached hydrogen (secondary N) is 1. The number of ether oxygens (including phenoxy) is 1. The first kappa shape index (κ1) is 16.4. The molecule has 1 aliphatic carbocycles. The average molecular weight is 289 g/mol.